The van der Waals surface area contributed by atoms with Crippen molar-refractivity contribution in [1.82, 2.24) is 9.71 Å². The fourth-order valence-corrected chi connectivity index (χ4v) is 6.19. The molecule has 0 radical (unpaired) electrons. The van der Waals surface area contributed by atoms with Gasteiger partial charge in [0.05, 0.1) is 21.7 Å². The minimum absolute atomic E-state index is 0.0135. The minimum atomic E-state index is -4.09. The van der Waals surface area contributed by atoms with E-state index in [0.29, 0.717) is 40.7 Å². The molecule has 1 aromatic heterocycles. The lowest BCUT2D eigenvalue weighted by Crippen LogP contribution is -2.37. The van der Waals surface area contributed by atoms with Crippen LogP contribution in [0, 0.1) is 0 Å². The molecule has 2 amide bonds. The number of sulfonamides is 1. The second-order valence-electron chi connectivity index (χ2n) is 8.40. The number of hydrogen-bond donors (Lipinski definition) is 3. The third-order valence-corrected chi connectivity index (χ3v) is 8.21. The molecule has 0 saturated carbocycles. The number of carbonyl (C=O) groups is 2. The number of rotatable bonds is 8. The van der Waals surface area contributed by atoms with Gasteiger partial charge in [0.15, 0.2) is 5.13 Å². The van der Waals surface area contributed by atoms with Crippen LogP contribution in [-0.4, -0.2) is 31.8 Å². The molecule has 190 valence electrons. The summed E-state index contributed by atoms with van der Waals surface area (Å²) in [5.41, 5.74) is 2.50. The molecule has 3 N–H and O–H groups in total. The van der Waals surface area contributed by atoms with E-state index >= 15 is 0 Å². The van der Waals surface area contributed by atoms with Crippen molar-refractivity contribution in [3.63, 3.8) is 0 Å². The van der Waals surface area contributed by atoms with Crippen molar-refractivity contribution in [3.05, 3.63) is 77.9 Å². The van der Waals surface area contributed by atoms with Crippen molar-refractivity contribution in [1.29, 1.82) is 0 Å². The normalized spacial score (nSPS) is 14.0. The van der Waals surface area contributed by atoms with E-state index in [-0.39, 0.29) is 17.2 Å². The number of ether oxygens (including phenoxy) is 1. The minimum Gasteiger partial charge on any atom is -0.494 e. The lowest BCUT2D eigenvalue weighted by molar-refractivity contribution is -0.118. The van der Waals surface area contributed by atoms with E-state index in [9.17, 15) is 18.0 Å². The molecule has 1 aliphatic rings. The maximum atomic E-state index is 13.4. The largest absolute Gasteiger partial charge is 0.494 e. The number of thiazole rings is 1. The highest BCUT2D eigenvalue weighted by Gasteiger charge is 2.29. The molecule has 2 heterocycles. The Morgan fingerprint density at radius 2 is 1.92 bits per heavy atom. The first-order valence-corrected chi connectivity index (χ1v) is 14.0. The Hall–Kier alpha value is -3.80. The molecule has 0 bridgehead atoms. The number of anilines is 2. The van der Waals surface area contributed by atoms with Gasteiger partial charge in [-0.25, -0.2) is 13.4 Å². The van der Waals surface area contributed by atoms with Crippen molar-refractivity contribution in [3.8, 4) is 5.75 Å². The van der Waals surface area contributed by atoms with Gasteiger partial charge in [-0.3, -0.25) is 9.59 Å². The van der Waals surface area contributed by atoms with E-state index in [4.69, 9.17) is 4.74 Å². The van der Waals surface area contributed by atoms with Crippen molar-refractivity contribution >= 4 is 54.2 Å². The summed E-state index contributed by atoms with van der Waals surface area (Å²) in [6.45, 7) is 2.43. The highest BCUT2D eigenvalue weighted by atomic mass is 32.2. The predicted molar refractivity (Wildman–Crippen MR) is 142 cm³/mol. The molecule has 9 nitrogen and oxygen atoms in total. The quantitative estimate of drug-likeness (QED) is 0.309. The van der Waals surface area contributed by atoms with E-state index in [1.54, 1.807) is 36.4 Å². The van der Waals surface area contributed by atoms with Gasteiger partial charge in [-0.05, 0) is 60.9 Å². The van der Waals surface area contributed by atoms with Gasteiger partial charge in [0.2, 0.25) is 21.8 Å². The van der Waals surface area contributed by atoms with Crippen LogP contribution < -0.4 is 20.1 Å². The number of aryl methyl sites for hydroxylation is 1. The molecule has 1 aliphatic heterocycles. The summed E-state index contributed by atoms with van der Waals surface area (Å²) in [6, 6.07) is 17.4. The summed E-state index contributed by atoms with van der Waals surface area (Å²) < 4.78 is 35.6. The number of fused-ring (bicyclic) bond motifs is 2. The van der Waals surface area contributed by atoms with Crippen LogP contribution in [0.5, 0.6) is 5.75 Å². The zero-order valence-corrected chi connectivity index (χ0v) is 21.5. The summed E-state index contributed by atoms with van der Waals surface area (Å²) in [5.74, 6) is 0.0335. The Balaban J connectivity index is 1.42. The zero-order chi connectivity index (χ0) is 26.0. The molecule has 0 spiro atoms. The Kier molecular flexibility index (Phi) is 6.92. The molecule has 1 atom stereocenters. The average molecular weight is 537 g/mol. The van der Waals surface area contributed by atoms with Crippen LogP contribution in [-0.2, 0) is 26.0 Å². The smallest absolute Gasteiger partial charge is 0.248 e. The molecular formula is C26H24N4O5S2. The van der Waals surface area contributed by atoms with Gasteiger partial charge in [0.1, 0.15) is 11.8 Å². The lowest BCUT2D eigenvalue weighted by atomic mass is 10.0. The van der Waals surface area contributed by atoms with Crippen LogP contribution in [0.3, 0.4) is 0 Å². The summed E-state index contributed by atoms with van der Waals surface area (Å²) in [7, 11) is -4.09. The Morgan fingerprint density at radius 1 is 1.11 bits per heavy atom. The van der Waals surface area contributed by atoms with Crippen LogP contribution in [0.4, 0.5) is 10.8 Å². The monoisotopic (exact) mass is 536 g/mol. The average Bonchev–Trinajstić information content (AvgIpc) is 3.29. The molecule has 3 aromatic carbocycles. The lowest BCUT2D eigenvalue weighted by Gasteiger charge is -2.20. The third-order valence-electron chi connectivity index (χ3n) is 5.85. The molecule has 0 unspecified atom stereocenters. The highest BCUT2D eigenvalue weighted by Crippen LogP contribution is 2.31. The van der Waals surface area contributed by atoms with E-state index in [2.05, 4.69) is 20.3 Å². The highest BCUT2D eigenvalue weighted by molar-refractivity contribution is 7.89. The first-order chi connectivity index (χ1) is 17.8. The van der Waals surface area contributed by atoms with Crippen molar-refractivity contribution in [2.75, 3.05) is 17.2 Å². The maximum absolute atomic E-state index is 13.4. The van der Waals surface area contributed by atoms with E-state index in [1.165, 1.54) is 23.5 Å². The van der Waals surface area contributed by atoms with E-state index < -0.39 is 22.0 Å². The number of nitrogens with one attached hydrogen (secondary N) is 3. The first-order valence-electron chi connectivity index (χ1n) is 11.7. The number of aromatic nitrogens is 1. The number of amides is 2. The van der Waals surface area contributed by atoms with E-state index in [1.807, 2.05) is 25.1 Å². The molecule has 11 heteroatoms. The second-order valence-corrected chi connectivity index (χ2v) is 11.1. The molecular weight excluding hydrogens is 512 g/mol. The summed E-state index contributed by atoms with van der Waals surface area (Å²) in [4.78, 5) is 29.5. The van der Waals surface area contributed by atoms with Gasteiger partial charge in [-0.1, -0.05) is 41.7 Å². The number of carbonyl (C=O) groups excluding carboxylic acids is 2. The molecule has 4 aromatic rings. The summed E-state index contributed by atoms with van der Waals surface area (Å²) in [5, 5.41) is 5.85. The van der Waals surface area contributed by atoms with E-state index in [0.717, 1.165) is 10.3 Å². The Labute approximate surface area is 217 Å². The summed E-state index contributed by atoms with van der Waals surface area (Å²) >= 11 is 1.27. The topological polar surface area (TPSA) is 126 Å². The maximum Gasteiger partial charge on any atom is 0.248 e. The van der Waals surface area contributed by atoms with Crippen molar-refractivity contribution < 1.29 is 22.7 Å². The molecule has 37 heavy (non-hydrogen) atoms. The summed E-state index contributed by atoms with van der Waals surface area (Å²) in [6.07, 6.45) is 0.725. The first kappa shape index (κ1) is 24.9. The molecule has 0 saturated heterocycles. The zero-order valence-electron chi connectivity index (χ0n) is 19.9. The van der Waals surface area contributed by atoms with Crippen LogP contribution in [0.2, 0.25) is 0 Å². The molecule has 5 rings (SSSR count). The fraction of sp³-hybridized carbons (Fsp3) is 0.192. The van der Waals surface area contributed by atoms with Crippen LogP contribution >= 0.6 is 11.3 Å². The molecule has 0 fully saturated rings. The molecule has 0 aliphatic carbocycles. The fourth-order valence-electron chi connectivity index (χ4n) is 4.06. The van der Waals surface area contributed by atoms with Gasteiger partial charge in [0.25, 0.3) is 0 Å². The number of hydrogen-bond acceptors (Lipinski definition) is 7. The second kappa shape index (κ2) is 10.3. The number of benzene rings is 3. The SMILES string of the molecule is CCOc1ccc2nc(NC(=O)[C@H](NS(=O)(=O)c3ccc4c(c3)CCC(=O)N4)c3ccccc3)sc2c1. The van der Waals surface area contributed by atoms with Gasteiger partial charge in [-0.15, -0.1) is 0 Å². The third kappa shape index (κ3) is 5.48. The van der Waals surface area contributed by atoms with Gasteiger partial charge < -0.3 is 15.4 Å². The van der Waals surface area contributed by atoms with Gasteiger partial charge in [0, 0.05) is 12.1 Å². The predicted octanol–water partition coefficient (Wildman–Crippen LogP) is 4.24. The van der Waals surface area contributed by atoms with Crippen molar-refractivity contribution in [2.45, 2.75) is 30.7 Å². The van der Waals surface area contributed by atoms with Crippen LogP contribution in [0.15, 0.2) is 71.6 Å². The Morgan fingerprint density at radius 3 is 2.70 bits per heavy atom. The van der Waals surface area contributed by atoms with Crippen LogP contribution in [0.25, 0.3) is 10.2 Å². The standard InChI is InChI=1S/C26H24N4O5S2/c1-2-35-18-9-11-21-22(15-18)36-26(28-21)29-25(32)24(16-6-4-3-5-7-16)30-37(33,34)19-10-12-20-17(14-19)8-13-23(31)27-20/h3-7,9-12,14-15,24,30H,2,8,13H2,1H3,(H,27,31)(H,28,29,32)/t24-/m1/s1. The Bertz CT molecular complexity index is 1590. The van der Waals surface area contributed by atoms with Gasteiger partial charge in [-0.2, -0.15) is 4.72 Å². The van der Waals surface area contributed by atoms with Crippen LogP contribution in [0.1, 0.15) is 30.5 Å². The van der Waals surface area contributed by atoms with Crippen molar-refractivity contribution in [2.24, 2.45) is 0 Å². The number of nitrogens with zero attached hydrogens (tertiary/aromatic N) is 1. The van der Waals surface area contributed by atoms with Gasteiger partial charge >= 0.3 is 0 Å².